The van der Waals surface area contributed by atoms with Crippen molar-refractivity contribution in [2.75, 3.05) is 5.32 Å². The number of rotatable bonds is 5. The number of carbonyl (C=O) groups excluding carboxylic acids is 2. The molecule has 0 aliphatic heterocycles. The monoisotopic (exact) mass is 235 g/mol. The van der Waals surface area contributed by atoms with E-state index in [-0.39, 0.29) is 18.1 Å². The van der Waals surface area contributed by atoms with E-state index in [2.05, 4.69) is 5.32 Å². The maximum atomic E-state index is 11.4. The molecule has 92 valence electrons. The summed E-state index contributed by atoms with van der Waals surface area (Å²) in [5.74, 6) is -0.140. The van der Waals surface area contributed by atoms with Crippen LogP contribution in [0.2, 0.25) is 0 Å². The van der Waals surface area contributed by atoms with Gasteiger partial charge in [0.05, 0.1) is 6.10 Å². The number of amides is 1. The SMILES string of the molecule is CC(=O)c1ccc(NC(=O)CCC(C)O)cc1. The molecule has 0 heterocycles. The van der Waals surface area contributed by atoms with Crippen molar-refractivity contribution in [2.45, 2.75) is 32.8 Å². The maximum absolute atomic E-state index is 11.4. The van der Waals surface area contributed by atoms with E-state index < -0.39 is 6.10 Å². The standard InChI is InChI=1S/C13H17NO3/c1-9(15)3-8-13(17)14-12-6-4-11(5-7-12)10(2)16/h4-7,9,15H,3,8H2,1-2H3,(H,14,17). The Morgan fingerprint density at radius 1 is 1.29 bits per heavy atom. The third-order valence-corrected chi connectivity index (χ3v) is 2.36. The van der Waals surface area contributed by atoms with Crippen LogP contribution in [-0.2, 0) is 4.79 Å². The molecule has 1 aromatic carbocycles. The highest BCUT2D eigenvalue weighted by Gasteiger charge is 2.05. The highest BCUT2D eigenvalue weighted by atomic mass is 16.3. The second kappa shape index (κ2) is 6.15. The summed E-state index contributed by atoms with van der Waals surface area (Å²) < 4.78 is 0. The molecular formula is C13H17NO3. The fraction of sp³-hybridized carbons (Fsp3) is 0.385. The summed E-state index contributed by atoms with van der Waals surface area (Å²) in [5, 5.41) is 11.7. The van der Waals surface area contributed by atoms with Gasteiger partial charge in [-0.15, -0.1) is 0 Å². The summed E-state index contributed by atoms with van der Waals surface area (Å²) in [6.45, 7) is 3.14. The molecule has 0 aliphatic carbocycles. The van der Waals surface area contributed by atoms with Crippen LogP contribution in [0.1, 0.15) is 37.0 Å². The fourth-order valence-electron chi connectivity index (χ4n) is 1.35. The zero-order valence-electron chi connectivity index (χ0n) is 10.1. The first-order chi connectivity index (χ1) is 7.99. The number of aliphatic hydroxyl groups is 1. The molecule has 0 radical (unpaired) electrons. The minimum Gasteiger partial charge on any atom is -0.393 e. The molecule has 4 nitrogen and oxygen atoms in total. The van der Waals surface area contributed by atoms with Crippen LogP contribution >= 0.6 is 0 Å². The van der Waals surface area contributed by atoms with Gasteiger partial charge in [0.1, 0.15) is 0 Å². The quantitative estimate of drug-likeness (QED) is 0.767. The number of carbonyl (C=O) groups is 2. The average Bonchev–Trinajstić information content (AvgIpc) is 2.27. The van der Waals surface area contributed by atoms with Gasteiger partial charge in [0.25, 0.3) is 0 Å². The Hall–Kier alpha value is -1.68. The van der Waals surface area contributed by atoms with Crippen LogP contribution in [0.25, 0.3) is 0 Å². The molecule has 4 heteroatoms. The molecule has 1 rings (SSSR count). The van der Waals surface area contributed by atoms with Crippen molar-refractivity contribution < 1.29 is 14.7 Å². The summed E-state index contributed by atoms with van der Waals surface area (Å²) in [6, 6.07) is 6.73. The van der Waals surface area contributed by atoms with Gasteiger partial charge >= 0.3 is 0 Å². The average molecular weight is 235 g/mol. The van der Waals surface area contributed by atoms with E-state index in [4.69, 9.17) is 5.11 Å². The Bertz CT molecular complexity index is 396. The first kappa shape index (κ1) is 13.4. The molecule has 0 saturated heterocycles. The lowest BCUT2D eigenvalue weighted by molar-refractivity contribution is -0.116. The number of benzene rings is 1. The third kappa shape index (κ3) is 4.78. The lowest BCUT2D eigenvalue weighted by atomic mass is 10.1. The van der Waals surface area contributed by atoms with Gasteiger partial charge in [-0.3, -0.25) is 9.59 Å². The zero-order chi connectivity index (χ0) is 12.8. The van der Waals surface area contributed by atoms with Crippen LogP contribution in [0.4, 0.5) is 5.69 Å². The molecule has 0 aromatic heterocycles. The predicted octanol–water partition coefficient (Wildman–Crippen LogP) is 1.99. The Balaban J connectivity index is 2.51. The van der Waals surface area contributed by atoms with Gasteiger partial charge in [-0.1, -0.05) is 0 Å². The van der Waals surface area contributed by atoms with E-state index in [1.807, 2.05) is 0 Å². The number of aliphatic hydroxyl groups excluding tert-OH is 1. The van der Waals surface area contributed by atoms with E-state index >= 15 is 0 Å². The van der Waals surface area contributed by atoms with Gasteiger partial charge < -0.3 is 10.4 Å². The van der Waals surface area contributed by atoms with Gasteiger partial charge in [-0.05, 0) is 44.5 Å². The second-order valence-corrected chi connectivity index (χ2v) is 4.07. The molecule has 0 aliphatic rings. The topological polar surface area (TPSA) is 66.4 Å². The number of anilines is 1. The summed E-state index contributed by atoms with van der Waals surface area (Å²) in [6.07, 6.45) is 0.254. The minimum atomic E-state index is -0.471. The largest absolute Gasteiger partial charge is 0.393 e. The summed E-state index contributed by atoms with van der Waals surface area (Å²) >= 11 is 0. The van der Waals surface area contributed by atoms with Gasteiger partial charge in [0.2, 0.25) is 5.91 Å². The maximum Gasteiger partial charge on any atom is 0.224 e. The van der Waals surface area contributed by atoms with E-state index in [9.17, 15) is 9.59 Å². The van der Waals surface area contributed by atoms with Crippen molar-refractivity contribution in [2.24, 2.45) is 0 Å². The van der Waals surface area contributed by atoms with Crippen molar-refractivity contribution in [3.8, 4) is 0 Å². The van der Waals surface area contributed by atoms with Crippen LogP contribution in [0.3, 0.4) is 0 Å². The molecule has 1 amide bonds. The fourth-order valence-corrected chi connectivity index (χ4v) is 1.35. The van der Waals surface area contributed by atoms with Gasteiger partial charge in [0.15, 0.2) is 5.78 Å². The number of hydrogen-bond acceptors (Lipinski definition) is 3. The lowest BCUT2D eigenvalue weighted by Gasteiger charge is -2.06. The van der Waals surface area contributed by atoms with Crippen LogP contribution < -0.4 is 5.32 Å². The normalized spacial score (nSPS) is 11.9. The molecule has 0 saturated carbocycles. The zero-order valence-corrected chi connectivity index (χ0v) is 10.1. The van der Waals surface area contributed by atoms with Crippen molar-refractivity contribution in [1.82, 2.24) is 0 Å². The molecule has 1 unspecified atom stereocenters. The van der Waals surface area contributed by atoms with Crippen LogP contribution in [0, 0.1) is 0 Å². The van der Waals surface area contributed by atoms with Gasteiger partial charge in [0, 0.05) is 17.7 Å². The number of ketones is 1. The molecule has 1 aromatic rings. The molecule has 0 fully saturated rings. The highest BCUT2D eigenvalue weighted by Crippen LogP contribution is 2.10. The smallest absolute Gasteiger partial charge is 0.224 e. The molecule has 0 bridgehead atoms. The Morgan fingerprint density at radius 2 is 1.88 bits per heavy atom. The molecule has 17 heavy (non-hydrogen) atoms. The minimum absolute atomic E-state index is 0.00279. The number of nitrogens with one attached hydrogen (secondary N) is 1. The van der Waals surface area contributed by atoms with E-state index in [0.29, 0.717) is 17.7 Å². The Kier molecular flexibility index (Phi) is 4.84. The van der Waals surface area contributed by atoms with Gasteiger partial charge in [-0.25, -0.2) is 0 Å². The lowest BCUT2D eigenvalue weighted by Crippen LogP contribution is -2.14. The summed E-state index contributed by atoms with van der Waals surface area (Å²) in [7, 11) is 0. The first-order valence-corrected chi connectivity index (χ1v) is 5.58. The van der Waals surface area contributed by atoms with Gasteiger partial charge in [-0.2, -0.15) is 0 Å². The highest BCUT2D eigenvalue weighted by molar-refractivity contribution is 5.95. The molecular weight excluding hydrogens is 218 g/mol. The van der Waals surface area contributed by atoms with Crippen molar-refractivity contribution >= 4 is 17.4 Å². The number of Topliss-reactive ketones (excluding diaryl/α,β-unsaturated/α-hetero) is 1. The van der Waals surface area contributed by atoms with E-state index in [0.717, 1.165) is 0 Å². The first-order valence-electron chi connectivity index (χ1n) is 5.58. The van der Waals surface area contributed by atoms with Crippen LogP contribution in [0.5, 0.6) is 0 Å². The Morgan fingerprint density at radius 3 is 2.35 bits per heavy atom. The summed E-state index contributed by atoms with van der Waals surface area (Å²) in [5.41, 5.74) is 1.28. The molecule has 1 atom stereocenters. The van der Waals surface area contributed by atoms with Crippen molar-refractivity contribution in [3.63, 3.8) is 0 Å². The summed E-state index contributed by atoms with van der Waals surface area (Å²) in [4.78, 5) is 22.5. The van der Waals surface area contributed by atoms with Crippen LogP contribution in [-0.4, -0.2) is 22.9 Å². The van der Waals surface area contributed by atoms with Crippen molar-refractivity contribution in [3.05, 3.63) is 29.8 Å². The molecule has 2 N–H and O–H groups in total. The van der Waals surface area contributed by atoms with E-state index in [1.165, 1.54) is 6.92 Å². The Labute approximate surface area is 101 Å². The molecule has 0 spiro atoms. The number of hydrogen-bond donors (Lipinski definition) is 2. The second-order valence-electron chi connectivity index (χ2n) is 4.07. The van der Waals surface area contributed by atoms with Crippen molar-refractivity contribution in [1.29, 1.82) is 0 Å². The van der Waals surface area contributed by atoms with Crippen LogP contribution in [0.15, 0.2) is 24.3 Å². The third-order valence-electron chi connectivity index (χ3n) is 2.36. The predicted molar refractivity (Wildman–Crippen MR) is 66.0 cm³/mol. The van der Waals surface area contributed by atoms with E-state index in [1.54, 1.807) is 31.2 Å².